The van der Waals surface area contributed by atoms with Gasteiger partial charge >= 0.3 is 0 Å². The largest absolute Gasteiger partial charge is 0.240 e. The van der Waals surface area contributed by atoms with Gasteiger partial charge in [0.2, 0.25) is 10.0 Å². The summed E-state index contributed by atoms with van der Waals surface area (Å²) >= 11 is 0. The molecule has 0 saturated carbocycles. The summed E-state index contributed by atoms with van der Waals surface area (Å²) in [5.74, 6) is 0. The molecule has 16 heavy (non-hydrogen) atoms. The molecule has 0 heterocycles. The Hall–Kier alpha value is -1.56. The monoisotopic (exact) mass is 240 g/mol. The Bertz CT molecular complexity index is 501. The van der Waals surface area contributed by atoms with E-state index in [1.165, 1.54) is 24.3 Å². The van der Waals surface area contributed by atoms with Gasteiger partial charge in [0.05, 0.1) is 4.90 Å². The molecule has 86 valence electrons. The van der Waals surface area contributed by atoms with Crippen molar-refractivity contribution in [3.05, 3.63) is 34.7 Å². The van der Waals surface area contributed by atoms with E-state index >= 15 is 0 Å². The first-order chi connectivity index (χ1) is 7.45. The van der Waals surface area contributed by atoms with Crippen LogP contribution in [-0.4, -0.2) is 14.5 Å². The number of benzene rings is 1. The molecule has 7 heteroatoms. The van der Waals surface area contributed by atoms with Crippen molar-refractivity contribution in [1.29, 1.82) is 0 Å². The summed E-state index contributed by atoms with van der Waals surface area (Å²) in [6.07, 6.45) is 0. The zero-order valence-corrected chi connectivity index (χ0v) is 9.77. The lowest BCUT2D eigenvalue weighted by Crippen LogP contribution is -2.30. The average molecular weight is 240 g/mol. The summed E-state index contributed by atoms with van der Waals surface area (Å²) in [5, 5.41) is 3.36. The van der Waals surface area contributed by atoms with Crippen molar-refractivity contribution in [2.45, 2.75) is 24.8 Å². The number of hydrogen-bond acceptors (Lipinski definition) is 3. The molecule has 0 amide bonds. The van der Waals surface area contributed by atoms with Gasteiger partial charge in [-0.3, -0.25) is 0 Å². The van der Waals surface area contributed by atoms with Crippen LogP contribution in [-0.2, 0) is 10.0 Å². The van der Waals surface area contributed by atoms with Crippen molar-refractivity contribution in [1.82, 2.24) is 4.72 Å². The molecule has 0 atom stereocenters. The number of azide groups is 1. The van der Waals surface area contributed by atoms with Crippen LogP contribution < -0.4 is 4.72 Å². The second-order valence-corrected chi connectivity index (χ2v) is 5.17. The Balaban J connectivity index is 3.02. The van der Waals surface area contributed by atoms with E-state index in [1.54, 1.807) is 13.8 Å². The zero-order valence-electron chi connectivity index (χ0n) is 8.95. The van der Waals surface area contributed by atoms with Crippen molar-refractivity contribution in [2.24, 2.45) is 5.11 Å². The van der Waals surface area contributed by atoms with Crippen molar-refractivity contribution in [3.63, 3.8) is 0 Å². The summed E-state index contributed by atoms with van der Waals surface area (Å²) in [5.41, 5.74) is 8.58. The average Bonchev–Trinajstić information content (AvgIpc) is 2.17. The van der Waals surface area contributed by atoms with Gasteiger partial charge in [-0.05, 0) is 31.5 Å². The van der Waals surface area contributed by atoms with Gasteiger partial charge in [0.15, 0.2) is 0 Å². The van der Waals surface area contributed by atoms with E-state index in [0.29, 0.717) is 5.69 Å². The number of rotatable bonds is 4. The summed E-state index contributed by atoms with van der Waals surface area (Å²) in [4.78, 5) is 2.76. The molecule has 1 N–H and O–H groups in total. The van der Waals surface area contributed by atoms with E-state index in [1.807, 2.05) is 0 Å². The first-order valence-electron chi connectivity index (χ1n) is 4.63. The molecule has 0 spiro atoms. The number of nitrogens with zero attached hydrogens (tertiary/aromatic N) is 3. The molecule has 0 fully saturated rings. The first kappa shape index (κ1) is 12.5. The quantitative estimate of drug-likeness (QED) is 0.496. The van der Waals surface area contributed by atoms with Crippen LogP contribution in [0.15, 0.2) is 34.3 Å². The lowest BCUT2D eigenvalue weighted by Gasteiger charge is -2.09. The van der Waals surface area contributed by atoms with Crippen LogP contribution in [0, 0.1) is 0 Å². The molecule has 0 aliphatic rings. The standard InChI is InChI=1S/C9H12N4O2S/c1-7(2)12-16(14,15)9-5-3-8(4-6-9)11-13-10/h3-7,12H,1-2H3. The van der Waals surface area contributed by atoms with E-state index in [2.05, 4.69) is 14.7 Å². The van der Waals surface area contributed by atoms with Gasteiger partial charge in [0, 0.05) is 16.6 Å². The molecule has 1 aromatic carbocycles. The summed E-state index contributed by atoms with van der Waals surface area (Å²) in [7, 11) is -3.48. The van der Waals surface area contributed by atoms with Crippen LogP contribution in [0.4, 0.5) is 5.69 Å². The molecule has 1 rings (SSSR count). The van der Waals surface area contributed by atoms with E-state index in [4.69, 9.17) is 5.53 Å². The van der Waals surface area contributed by atoms with Crippen LogP contribution >= 0.6 is 0 Å². The fourth-order valence-corrected chi connectivity index (χ4v) is 2.37. The van der Waals surface area contributed by atoms with Gasteiger partial charge in [-0.15, -0.1) is 0 Å². The van der Waals surface area contributed by atoms with Gasteiger partial charge in [-0.2, -0.15) is 0 Å². The molecule has 0 bridgehead atoms. The lowest BCUT2D eigenvalue weighted by atomic mass is 10.3. The van der Waals surface area contributed by atoms with E-state index < -0.39 is 10.0 Å². The molecular formula is C9H12N4O2S. The molecule has 0 saturated heterocycles. The van der Waals surface area contributed by atoms with Crippen LogP contribution in [0.5, 0.6) is 0 Å². The number of nitrogens with one attached hydrogen (secondary N) is 1. The van der Waals surface area contributed by atoms with Crippen molar-refractivity contribution < 1.29 is 8.42 Å². The maximum atomic E-state index is 11.7. The summed E-state index contributed by atoms with van der Waals surface area (Å²) in [6.45, 7) is 3.48. The SMILES string of the molecule is CC(C)NS(=O)(=O)c1ccc(N=[N+]=[N-])cc1. The predicted octanol–water partition coefficient (Wildman–Crippen LogP) is 2.32. The van der Waals surface area contributed by atoms with Crippen molar-refractivity contribution in [3.8, 4) is 0 Å². The number of sulfonamides is 1. The fourth-order valence-electron chi connectivity index (χ4n) is 1.12. The van der Waals surface area contributed by atoms with Gasteiger partial charge in [0.1, 0.15) is 0 Å². The normalized spacial score (nSPS) is 11.2. The van der Waals surface area contributed by atoms with Gasteiger partial charge in [0.25, 0.3) is 0 Å². The minimum Gasteiger partial charge on any atom is -0.209 e. The maximum absolute atomic E-state index is 11.7. The van der Waals surface area contributed by atoms with E-state index in [9.17, 15) is 8.42 Å². The molecule has 0 aromatic heterocycles. The third-order valence-electron chi connectivity index (χ3n) is 1.70. The Kier molecular flexibility index (Phi) is 3.89. The van der Waals surface area contributed by atoms with E-state index in [0.717, 1.165) is 0 Å². The predicted molar refractivity (Wildman–Crippen MR) is 60.7 cm³/mol. The highest BCUT2D eigenvalue weighted by Crippen LogP contribution is 2.16. The summed E-state index contributed by atoms with van der Waals surface area (Å²) in [6, 6.07) is 5.54. The Morgan fingerprint density at radius 1 is 1.31 bits per heavy atom. The summed E-state index contributed by atoms with van der Waals surface area (Å²) < 4.78 is 25.9. The Morgan fingerprint density at radius 2 is 1.88 bits per heavy atom. The van der Waals surface area contributed by atoms with Gasteiger partial charge < -0.3 is 0 Å². The van der Waals surface area contributed by atoms with Crippen LogP contribution in [0.25, 0.3) is 10.4 Å². The molecule has 0 unspecified atom stereocenters. The van der Waals surface area contributed by atoms with Gasteiger partial charge in [-0.1, -0.05) is 17.2 Å². The van der Waals surface area contributed by atoms with Crippen molar-refractivity contribution in [2.75, 3.05) is 0 Å². The fraction of sp³-hybridized carbons (Fsp3) is 0.333. The highest BCUT2D eigenvalue weighted by atomic mass is 32.2. The number of hydrogen-bond donors (Lipinski definition) is 1. The Labute approximate surface area is 94.0 Å². The molecule has 1 aromatic rings. The molecule has 6 nitrogen and oxygen atoms in total. The smallest absolute Gasteiger partial charge is 0.209 e. The molecule has 0 aliphatic heterocycles. The lowest BCUT2D eigenvalue weighted by molar-refractivity contribution is 0.570. The third-order valence-corrected chi connectivity index (χ3v) is 3.37. The first-order valence-corrected chi connectivity index (χ1v) is 6.11. The van der Waals surface area contributed by atoms with Crippen molar-refractivity contribution >= 4 is 15.7 Å². The van der Waals surface area contributed by atoms with Gasteiger partial charge in [-0.25, -0.2) is 13.1 Å². The minimum absolute atomic E-state index is 0.151. The van der Waals surface area contributed by atoms with Crippen LogP contribution in [0.1, 0.15) is 13.8 Å². The minimum atomic E-state index is -3.48. The maximum Gasteiger partial charge on any atom is 0.240 e. The molecule has 0 aliphatic carbocycles. The zero-order chi connectivity index (χ0) is 12.2. The molecule has 0 radical (unpaired) electrons. The van der Waals surface area contributed by atoms with Crippen LogP contribution in [0.2, 0.25) is 0 Å². The second-order valence-electron chi connectivity index (χ2n) is 3.46. The van der Waals surface area contributed by atoms with E-state index in [-0.39, 0.29) is 10.9 Å². The Morgan fingerprint density at radius 3 is 2.31 bits per heavy atom. The molecular weight excluding hydrogens is 228 g/mol. The second kappa shape index (κ2) is 4.98. The topological polar surface area (TPSA) is 94.9 Å². The highest BCUT2D eigenvalue weighted by molar-refractivity contribution is 7.89. The highest BCUT2D eigenvalue weighted by Gasteiger charge is 2.14. The van der Waals surface area contributed by atoms with Crippen LogP contribution in [0.3, 0.4) is 0 Å². The third kappa shape index (κ3) is 3.23.